The SMILES string of the molecule is C[C@H]1CCn2nc(-c3cnn(CC(F)(F)F)c3)c(C(=O)O)c2O1. The van der Waals surface area contributed by atoms with Gasteiger partial charge in [-0.05, 0) is 6.92 Å². The lowest BCUT2D eigenvalue weighted by Crippen LogP contribution is -2.24. The van der Waals surface area contributed by atoms with Crippen molar-refractivity contribution in [1.29, 1.82) is 0 Å². The van der Waals surface area contributed by atoms with Crippen molar-refractivity contribution < 1.29 is 27.8 Å². The summed E-state index contributed by atoms with van der Waals surface area (Å²) in [5, 5.41) is 17.2. The van der Waals surface area contributed by atoms with E-state index in [1.807, 2.05) is 6.92 Å². The Kier molecular flexibility index (Phi) is 3.53. The van der Waals surface area contributed by atoms with Crippen molar-refractivity contribution >= 4 is 5.97 Å². The minimum absolute atomic E-state index is 0.0509. The van der Waals surface area contributed by atoms with Gasteiger partial charge in [0.05, 0.1) is 12.3 Å². The predicted octanol–water partition coefficient (Wildman–Crippen LogP) is 2.18. The third-order valence-corrected chi connectivity index (χ3v) is 3.43. The first kappa shape index (κ1) is 15.4. The summed E-state index contributed by atoms with van der Waals surface area (Å²) in [6, 6.07) is 0. The molecule has 0 fully saturated rings. The van der Waals surface area contributed by atoms with E-state index in [9.17, 15) is 23.1 Å². The highest BCUT2D eigenvalue weighted by Crippen LogP contribution is 2.34. The first-order valence-corrected chi connectivity index (χ1v) is 6.85. The lowest BCUT2D eigenvalue weighted by Gasteiger charge is -2.21. The molecule has 1 N–H and O–H groups in total. The molecular weight excluding hydrogens is 317 g/mol. The van der Waals surface area contributed by atoms with E-state index < -0.39 is 18.7 Å². The molecule has 3 heterocycles. The van der Waals surface area contributed by atoms with Gasteiger partial charge in [-0.15, -0.1) is 0 Å². The Balaban J connectivity index is 2.02. The van der Waals surface area contributed by atoms with Gasteiger partial charge < -0.3 is 9.84 Å². The smallest absolute Gasteiger partial charge is 0.408 e. The molecule has 23 heavy (non-hydrogen) atoms. The van der Waals surface area contributed by atoms with Crippen LogP contribution in [-0.2, 0) is 13.1 Å². The van der Waals surface area contributed by atoms with Gasteiger partial charge in [-0.3, -0.25) is 4.68 Å². The van der Waals surface area contributed by atoms with Gasteiger partial charge in [-0.1, -0.05) is 0 Å². The lowest BCUT2D eigenvalue weighted by atomic mass is 10.1. The number of halogens is 3. The quantitative estimate of drug-likeness (QED) is 0.933. The summed E-state index contributed by atoms with van der Waals surface area (Å²) in [5.74, 6) is -1.13. The van der Waals surface area contributed by atoms with E-state index in [4.69, 9.17) is 4.74 Å². The molecule has 2 aromatic rings. The Labute approximate surface area is 128 Å². The number of carbonyl (C=O) groups is 1. The number of aryl methyl sites for hydroxylation is 1. The van der Waals surface area contributed by atoms with E-state index in [1.165, 1.54) is 4.68 Å². The highest BCUT2D eigenvalue weighted by molar-refractivity contribution is 5.97. The largest absolute Gasteiger partial charge is 0.477 e. The van der Waals surface area contributed by atoms with Crippen molar-refractivity contribution in [2.24, 2.45) is 0 Å². The molecule has 0 saturated carbocycles. The van der Waals surface area contributed by atoms with Crippen LogP contribution in [0.2, 0.25) is 0 Å². The van der Waals surface area contributed by atoms with E-state index in [0.29, 0.717) is 17.6 Å². The van der Waals surface area contributed by atoms with Crippen molar-refractivity contribution in [3.05, 3.63) is 18.0 Å². The molecule has 124 valence electrons. The topological polar surface area (TPSA) is 82.2 Å². The summed E-state index contributed by atoms with van der Waals surface area (Å²) >= 11 is 0. The second-order valence-corrected chi connectivity index (χ2v) is 5.32. The van der Waals surface area contributed by atoms with Crippen LogP contribution in [0, 0.1) is 0 Å². The zero-order chi connectivity index (χ0) is 16.8. The van der Waals surface area contributed by atoms with Crippen LogP contribution in [0.4, 0.5) is 13.2 Å². The van der Waals surface area contributed by atoms with Crippen LogP contribution in [-0.4, -0.2) is 42.9 Å². The van der Waals surface area contributed by atoms with Crippen LogP contribution in [0.1, 0.15) is 23.7 Å². The van der Waals surface area contributed by atoms with Crippen LogP contribution in [0.25, 0.3) is 11.3 Å². The Morgan fingerprint density at radius 3 is 2.91 bits per heavy atom. The van der Waals surface area contributed by atoms with Crippen LogP contribution < -0.4 is 4.74 Å². The molecule has 1 aliphatic heterocycles. The summed E-state index contributed by atoms with van der Waals surface area (Å²) in [5.41, 5.74) is 0.0861. The Hall–Kier alpha value is -2.52. The summed E-state index contributed by atoms with van der Waals surface area (Å²) in [7, 11) is 0. The number of rotatable bonds is 3. The van der Waals surface area contributed by atoms with Gasteiger partial charge >= 0.3 is 12.1 Å². The molecule has 10 heteroatoms. The van der Waals surface area contributed by atoms with Crippen LogP contribution in [0.15, 0.2) is 12.4 Å². The van der Waals surface area contributed by atoms with Gasteiger partial charge in [0.1, 0.15) is 17.8 Å². The monoisotopic (exact) mass is 330 g/mol. The highest BCUT2D eigenvalue weighted by Gasteiger charge is 2.32. The number of nitrogens with zero attached hydrogens (tertiary/aromatic N) is 4. The van der Waals surface area contributed by atoms with Crippen molar-refractivity contribution in [3.8, 4) is 17.1 Å². The number of carboxylic acids is 1. The second-order valence-electron chi connectivity index (χ2n) is 5.32. The first-order chi connectivity index (χ1) is 10.7. The third-order valence-electron chi connectivity index (χ3n) is 3.43. The number of hydrogen-bond donors (Lipinski definition) is 1. The first-order valence-electron chi connectivity index (χ1n) is 6.85. The van der Waals surface area contributed by atoms with E-state index in [-0.39, 0.29) is 28.8 Å². The average molecular weight is 330 g/mol. The van der Waals surface area contributed by atoms with Crippen molar-refractivity contribution in [2.75, 3.05) is 0 Å². The second kappa shape index (κ2) is 5.28. The van der Waals surface area contributed by atoms with Crippen molar-refractivity contribution in [3.63, 3.8) is 0 Å². The van der Waals surface area contributed by atoms with Gasteiger partial charge in [0.25, 0.3) is 0 Å². The molecule has 0 amide bonds. The van der Waals surface area contributed by atoms with E-state index in [0.717, 1.165) is 12.4 Å². The van der Waals surface area contributed by atoms with Crippen molar-refractivity contribution in [1.82, 2.24) is 19.6 Å². The number of alkyl halides is 3. The van der Waals surface area contributed by atoms with Crippen LogP contribution in [0.5, 0.6) is 5.88 Å². The van der Waals surface area contributed by atoms with Gasteiger partial charge in [0.2, 0.25) is 5.88 Å². The van der Waals surface area contributed by atoms with Gasteiger partial charge in [-0.2, -0.15) is 23.4 Å². The molecule has 0 spiro atoms. The predicted molar refractivity (Wildman–Crippen MR) is 71.2 cm³/mol. The van der Waals surface area contributed by atoms with Crippen LogP contribution in [0.3, 0.4) is 0 Å². The molecule has 0 bridgehead atoms. The average Bonchev–Trinajstić information content (AvgIpc) is 2.99. The van der Waals surface area contributed by atoms with Gasteiger partial charge in [-0.25, -0.2) is 9.48 Å². The van der Waals surface area contributed by atoms with Gasteiger partial charge in [0, 0.05) is 24.7 Å². The summed E-state index contributed by atoms with van der Waals surface area (Å²) in [6.45, 7) is 1.03. The molecule has 7 nitrogen and oxygen atoms in total. The molecule has 0 aliphatic carbocycles. The summed E-state index contributed by atoms with van der Waals surface area (Å²) in [6.07, 6.45) is -1.61. The maximum atomic E-state index is 12.4. The van der Waals surface area contributed by atoms with E-state index >= 15 is 0 Å². The van der Waals surface area contributed by atoms with Gasteiger partial charge in [0.15, 0.2) is 0 Å². The number of aromatic carboxylic acids is 1. The Morgan fingerprint density at radius 1 is 1.52 bits per heavy atom. The molecule has 2 aromatic heterocycles. The maximum Gasteiger partial charge on any atom is 0.408 e. The molecule has 3 rings (SSSR count). The minimum Gasteiger partial charge on any atom is -0.477 e. The van der Waals surface area contributed by atoms with Crippen molar-refractivity contribution in [2.45, 2.75) is 38.7 Å². The van der Waals surface area contributed by atoms with E-state index in [2.05, 4.69) is 10.2 Å². The molecular formula is C13H13F3N4O3. The third kappa shape index (κ3) is 3.01. The molecule has 0 radical (unpaired) electrons. The fourth-order valence-electron chi connectivity index (χ4n) is 2.42. The summed E-state index contributed by atoms with van der Waals surface area (Å²) < 4.78 is 44.8. The number of fused-ring (bicyclic) bond motifs is 1. The van der Waals surface area contributed by atoms with Crippen LogP contribution >= 0.6 is 0 Å². The number of carboxylic acid groups (broad SMARTS) is 1. The standard InChI is InChI=1S/C13H13F3N4O3/c1-7-2-3-20-11(23-7)9(12(21)22)10(18-20)8-4-17-19(5-8)6-13(14,15)16/h4-5,7H,2-3,6H2,1H3,(H,21,22)/t7-/m0/s1. The fourth-order valence-corrected chi connectivity index (χ4v) is 2.42. The normalized spacial score (nSPS) is 17.7. The Bertz CT molecular complexity index is 750. The number of hydrogen-bond acceptors (Lipinski definition) is 4. The summed E-state index contributed by atoms with van der Waals surface area (Å²) in [4.78, 5) is 11.5. The fraction of sp³-hybridized carbons (Fsp3) is 0.462. The molecule has 0 saturated heterocycles. The number of aromatic nitrogens is 4. The zero-order valence-corrected chi connectivity index (χ0v) is 12.0. The molecule has 0 unspecified atom stereocenters. The van der Waals surface area contributed by atoms with E-state index in [1.54, 1.807) is 0 Å². The Morgan fingerprint density at radius 2 is 2.26 bits per heavy atom. The number of ether oxygens (including phenoxy) is 1. The molecule has 1 atom stereocenters. The highest BCUT2D eigenvalue weighted by atomic mass is 19.4. The maximum absolute atomic E-state index is 12.4. The lowest BCUT2D eigenvalue weighted by molar-refractivity contribution is -0.142. The molecule has 0 aromatic carbocycles. The molecule has 1 aliphatic rings. The zero-order valence-electron chi connectivity index (χ0n) is 12.0. The minimum atomic E-state index is -4.41.